The first-order valence-electron chi connectivity index (χ1n) is 4.86. The van der Waals surface area contributed by atoms with Crippen LogP contribution in [0.5, 0.6) is 0 Å². The molecule has 0 aromatic carbocycles. The predicted octanol–water partition coefficient (Wildman–Crippen LogP) is 3.77. The second-order valence-corrected chi connectivity index (χ2v) is 4.34. The highest BCUT2D eigenvalue weighted by Gasteiger charge is 2.13. The van der Waals surface area contributed by atoms with E-state index >= 15 is 0 Å². The van der Waals surface area contributed by atoms with Crippen LogP contribution in [-0.2, 0) is 0 Å². The number of hydrogen-bond donors (Lipinski definition) is 1. The average molecular weight is 194 g/mol. The van der Waals surface area contributed by atoms with Crippen LogP contribution in [0, 0.1) is 5.92 Å². The van der Waals surface area contributed by atoms with Gasteiger partial charge in [0.2, 0.25) is 0 Å². The minimum absolute atomic E-state index is 0.409. The molecule has 0 aromatic heterocycles. The molecular formula is C12H18S. The third kappa shape index (κ3) is 2.77. The third-order valence-corrected chi connectivity index (χ3v) is 2.89. The van der Waals surface area contributed by atoms with Gasteiger partial charge in [-0.05, 0) is 25.3 Å². The van der Waals surface area contributed by atoms with Crippen molar-refractivity contribution in [3.8, 4) is 0 Å². The first-order chi connectivity index (χ1) is 6.15. The van der Waals surface area contributed by atoms with Crippen LogP contribution in [0.25, 0.3) is 0 Å². The highest BCUT2D eigenvalue weighted by Crippen LogP contribution is 2.27. The first-order valence-corrected chi connectivity index (χ1v) is 5.38. The standard InChI is InChI=1S/C12H18S/c1-4-12(9(2)3)10-5-7-11(13)8-6-10/h5-7,11-13H,2,4,8H2,1,3H3. The number of allylic oxidation sites excluding steroid dienone is 4. The summed E-state index contributed by atoms with van der Waals surface area (Å²) in [4.78, 5) is 0. The van der Waals surface area contributed by atoms with Crippen LogP contribution in [0.4, 0.5) is 0 Å². The van der Waals surface area contributed by atoms with Crippen LogP contribution >= 0.6 is 12.6 Å². The monoisotopic (exact) mass is 194 g/mol. The zero-order valence-electron chi connectivity index (χ0n) is 8.46. The van der Waals surface area contributed by atoms with Gasteiger partial charge in [-0.3, -0.25) is 0 Å². The zero-order chi connectivity index (χ0) is 9.84. The van der Waals surface area contributed by atoms with Gasteiger partial charge in [0, 0.05) is 11.2 Å². The molecule has 0 N–H and O–H groups in total. The van der Waals surface area contributed by atoms with Crippen molar-refractivity contribution < 1.29 is 0 Å². The smallest absolute Gasteiger partial charge is 0.0234 e. The van der Waals surface area contributed by atoms with E-state index < -0.39 is 0 Å². The van der Waals surface area contributed by atoms with Crippen LogP contribution in [0.15, 0.2) is 36.0 Å². The predicted molar refractivity (Wildman–Crippen MR) is 63.2 cm³/mol. The van der Waals surface area contributed by atoms with Crippen LogP contribution in [0.1, 0.15) is 26.7 Å². The molecule has 1 aliphatic rings. The van der Waals surface area contributed by atoms with Crippen LogP contribution in [0.3, 0.4) is 0 Å². The van der Waals surface area contributed by atoms with Gasteiger partial charge in [-0.2, -0.15) is 12.6 Å². The SMILES string of the molecule is C=C(C)C(CC)C1=CCC(S)C=C1. The molecule has 0 bridgehead atoms. The van der Waals surface area contributed by atoms with E-state index in [1.54, 1.807) is 0 Å². The molecule has 13 heavy (non-hydrogen) atoms. The lowest BCUT2D eigenvalue weighted by molar-refractivity contribution is 0.693. The Bertz CT molecular complexity index is 248. The van der Waals surface area contributed by atoms with Crippen LogP contribution in [-0.4, -0.2) is 5.25 Å². The van der Waals surface area contributed by atoms with Gasteiger partial charge >= 0.3 is 0 Å². The normalized spacial score (nSPS) is 23.9. The Hall–Kier alpha value is -0.430. The van der Waals surface area contributed by atoms with Gasteiger partial charge in [0.1, 0.15) is 0 Å². The molecule has 1 rings (SSSR count). The highest BCUT2D eigenvalue weighted by molar-refractivity contribution is 7.81. The molecule has 0 heterocycles. The average Bonchev–Trinajstić information content (AvgIpc) is 2.09. The molecular weight excluding hydrogens is 176 g/mol. The van der Waals surface area contributed by atoms with E-state index in [9.17, 15) is 0 Å². The molecule has 1 aliphatic carbocycles. The van der Waals surface area contributed by atoms with E-state index in [0.717, 1.165) is 12.8 Å². The molecule has 0 saturated heterocycles. The van der Waals surface area contributed by atoms with E-state index in [0.29, 0.717) is 11.2 Å². The van der Waals surface area contributed by atoms with Gasteiger partial charge in [0.25, 0.3) is 0 Å². The van der Waals surface area contributed by atoms with Crippen molar-refractivity contribution in [3.05, 3.63) is 36.0 Å². The molecule has 72 valence electrons. The lowest BCUT2D eigenvalue weighted by atomic mass is 9.87. The molecule has 0 aliphatic heterocycles. The van der Waals surface area contributed by atoms with Crippen molar-refractivity contribution in [1.82, 2.24) is 0 Å². The second kappa shape index (κ2) is 4.71. The summed E-state index contributed by atoms with van der Waals surface area (Å²) in [5.41, 5.74) is 2.68. The zero-order valence-corrected chi connectivity index (χ0v) is 9.35. The summed E-state index contributed by atoms with van der Waals surface area (Å²) in [6, 6.07) is 0. The number of thiol groups is 1. The van der Waals surface area contributed by atoms with Crippen molar-refractivity contribution in [2.24, 2.45) is 5.92 Å². The summed E-state index contributed by atoms with van der Waals surface area (Å²) in [6.45, 7) is 8.34. The summed E-state index contributed by atoms with van der Waals surface area (Å²) in [5, 5.41) is 0.409. The number of rotatable bonds is 3. The largest absolute Gasteiger partial charge is 0.171 e. The van der Waals surface area contributed by atoms with Crippen molar-refractivity contribution >= 4 is 12.6 Å². The molecule has 0 nitrogen and oxygen atoms in total. The molecule has 0 radical (unpaired) electrons. The van der Waals surface area contributed by atoms with Gasteiger partial charge in [-0.25, -0.2) is 0 Å². The van der Waals surface area contributed by atoms with E-state index in [1.165, 1.54) is 11.1 Å². The summed E-state index contributed by atoms with van der Waals surface area (Å²) in [7, 11) is 0. The van der Waals surface area contributed by atoms with Gasteiger partial charge < -0.3 is 0 Å². The number of hydrogen-bond acceptors (Lipinski definition) is 1. The fraction of sp³-hybridized carbons (Fsp3) is 0.500. The fourth-order valence-electron chi connectivity index (χ4n) is 1.75. The van der Waals surface area contributed by atoms with E-state index in [4.69, 9.17) is 0 Å². The van der Waals surface area contributed by atoms with Crippen LogP contribution in [0.2, 0.25) is 0 Å². The summed E-state index contributed by atoms with van der Waals surface area (Å²) < 4.78 is 0. The Kier molecular flexibility index (Phi) is 3.86. The van der Waals surface area contributed by atoms with Gasteiger partial charge in [-0.15, -0.1) is 0 Å². The molecule has 2 atom stereocenters. The maximum Gasteiger partial charge on any atom is 0.0234 e. The summed E-state index contributed by atoms with van der Waals surface area (Å²) in [6.07, 6.45) is 8.86. The summed E-state index contributed by atoms with van der Waals surface area (Å²) >= 11 is 4.40. The molecule has 1 heteroatoms. The van der Waals surface area contributed by atoms with Crippen molar-refractivity contribution in [2.45, 2.75) is 31.9 Å². The first kappa shape index (κ1) is 10.6. The molecule has 2 unspecified atom stereocenters. The Morgan fingerprint density at radius 1 is 1.77 bits per heavy atom. The van der Waals surface area contributed by atoms with Gasteiger partial charge in [0.05, 0.1) is 0 Å². The topological polar surface area (TPSA) is 0 Å². The van der Waals surface area contributed by atoms with Gasteiger partial charge in [-0.1, -0.05) is 37.3 Å². The lowest BCUT2D eigenvalue weighted by Crippen LogP contribution is -2.07. The minimum atomic E-state index is 0.409. The molecule has 0 fully saturated rings. The van der Waals surface area contributed by atoms with Crippen molar-refractivity contribution in [3.63, 3.8) is 0 Å². The quantitative estimate of drug-likeness (QED) is 0.513. The molecule has 0 saturated carbocycles. The second-order valence-electron chi connectivity index (χ2n) is 3.67. The van der Waals surface area contributed by atoms with E-state index in [1.807, 2.05) is 0 Å². The van der Waals surface area contributed by atoms with E-state index in [2.05, 4.69) is 51.3 Å². The van der Waals surface area contributed by atoms with Crippen molar-refractivity contribution in [2.75, 3.05) is 0 Å². The Balaban J connectivity index is 2.72. The third-order valence-electron chi connectivity index (χ3n) is 2.51. The van der Waals surface area contributed by atoms with Crippen LogP contribution < -0.4 is 0 Å². The highest BCUT2D eigenvalue weighted by atomic mass is 32.1. The molecule has 0 aromatic rings. The minimum Gasteiger partial charge on any atom is -0.171 e. The maximum absolute atomic E-state index is 4.40. The lowest BCUT2D eigenvalue weighted by Gasteiger charge is -2.20. The molecule has 0 spiro atoms. The van der Waals surface area contributed by atoms with Gasteiger partial charge in [0.15, 0.2) is 0 Å². The van der Waals surface area contributed by atoms with E-state index in [-0.39, 0.29) is 0 Å². The fourth-order valence-corrected chi connectivity index (χ4v) is 1.94. The molecule has 0 amide bonds. The Morgan fingerprint density at radius 3 is 2.85 bits per heavy atom. The Labute approximate surface area is 86.8 Å². The Morgan fingerprint density at radius 2 is 2.46 bits per heavy atom. The van der Waals surface area contributed by atoms with Crippen molar-refractivity contribution in [1.29, 1.82) is 0 Å². The summed E-state index contributed by atoms with van der Waals surface area (Å²) in [5.74, 6) is 0.539. The maximum atomic E-state index is 4.40.